The van der Waals surface area contributed by atoms with E-state index in [1.807, 2.05) is 0 Å². The van der Waals surface area contributed by atoms with E-state index in [4.69, 9.17) is 5.90 Å². The standard InChI is InChI=1S/C9H12N4O4/c1-6(2)11-12-8-4-3-7(16-17-10)5-9(8)13(14)15/h3-5,12H,10H2,1-2H3. The van der Waals surface area contributed by atoms with Crippen LogP contribution in [-0.4, -0.2) is 10.6 Å². The molecule has 0 aliphatic carbocycles. The number of nitro groups is 1. The summed E-state index contributed by atoms with van der Waals surface area (Å²) in [6, 6.07) is 4.08. The van der Waals surface area contributed by atoms with E-state index < -0.39 is 4.92 Å². The van der Waals surface area contributed by atoms with E-state index in [1.54, 1.807) is 13.8 Å². The zero-order valence-corrected chi connectivity index (χ0v) is 9.34. The summed E-state index contributed by atoms with van der Waals surface area (Å²) in [5.74, 6) is 4.82. The molecule has 0 atom stereocenters. The number of rotatable bonds is 5. The van der Waals surface area contributed by atoms with Gasteiger partial charge < -0.3 is 4.89 Å². The zero-order chi connectivity index (χ0) is 12.8. The maximum Gasteiger partial charge on any atom is 0.298 e. The second-order valence-corrected chi connectivity index (χ2v) is 3.29. The number of nitrogens with one attached hydrogen (secondary N) is 1. The van der Waals surface area contributed by atoms with Crippen molar-refractivity contribution in [2.45, 2.75) is 13.8 Å². The Kier molecular flexibility index (Phi) is 4.37. The smallest absolute Gasteiger partial charge is 0.298 e. The quantitative estimate of drug-likeness (QED) is 0.350. The molecule has 0 saturated carbocycles. The Balaban J connectivity index is 3.04. The van der Waals surface area contributed by atoms with Crippen LogP contribution in [0.25, 0.3) is 0 Å². The zero-order valence-electron chi connectivity index (χ0n) is 9.34. The van der Waals surface area contributed by atoms with Crippen molar-refractivity contribution in [3.63, 3.8) is 0 Å². The summed E-state index contributed by atoms with van der Waals surface area (Å²) in [5.41, 5.74) is 3.38. The largest absolute Gasteiger partial charge is 0.319 e. The molecule has 17 heavy (non-hydrogen) atoms. The third-order valence-electron chi connectivity index (χ3n) is 1.71. The van der Waals surface area contributed by atoms with Crippen LogP contribution in [0.5, 0.6) is 5.75 Å². The fourth-order valence-corrected chi connectivity index (χ4v) is 1.04. The van der Waals surface area contributed by atoms with Gasteiger partial charge in [-0.1, -0.05) is 4.99 Å². The number of nitro benzene ring substituents is 1. The van der Waals surface area contributed by atoms with Crippen molar-refractivity contribution in [1.29, 1.82) is 0 Å². The summed E-state index contributed by atoms with van der Waals surface area (Å²) in [6.07, 6.45) is 0. The van der Waals surface area contributed by atoms with Crippen molar-refractivity contribution in [2.24, 2.45) is 11.0 Å². The van der Waals surface area contributed by atoms with Crippen LogP contribution in [0, 0.1) is 10.1 Å². The molecule has 0 fully saturated rings. The van der Waals surface area contributed by atoms with Gasteiger partial charge in [0, 0.05) is 5.71 Å². The maximum atomic E-state index is 10.8. The van der Waals surface area contributed by atoms with Gasteiger partial charge in [0.2, 0.25) is 0 Å². The molecule has 0 radical (unpaired) electrons. The molecule has 0 saturated heterocycles. The van der Waals surface area contributed by atoms with Crippen LogP contribution in [0.4, 0.5) is 11.4 Å². The number of anilines is 1. The molecule has 8 nitrogen and oxygen atoms in total. The molecule has 92 valence electrons. The lowest BCUT2D eigenvalue weighted by Gasteiger charge is -2.04. The number of benzene rings is 1. The van der Waals surface area contributed by atoms with Crippen LogP contribution < -0.4 is 16.2 Å². The number of hydrogen-bond donors (Lipinski definition) is 2. The first-order valence-electron chi connectivity index (χ1n) is 4.63. The van der Waals surface area contributed by atoms with Gasteiger partial charge in [0.05, 0.1) is 11.0 Å². The number of nitrogens with two attached hydrogens (primary N) is 1. The van der Waals surface area contributed by atoms with Gasteiger partial charge in [-0.05, 0) is 26.0 Å². The first kappa shape index (κ1) is 12.9. The van der Waals surface area contributed by atoms with Gasteiger partial charge in [0.15, 0.2) is 5.75 Å². The molecular formula is C9H12N4O4. The highest BCUT2D eigenvalue weighted by atomic mass is 17.3. The molecule has 3 N–H and O–H groups in total. The van der Waals surface area contributed by atoms with Gasteiger partial charge in [0.1, 0.15) is 5.69 Å². The highest BCUT2D eigenvalue weighted by Gasteiger charge is 2.15. The molecule has 0 unspecified atom stereocenters. The Morgan fingerprint density at radius 3 is 2.76 bits per heavy atom. The van der Waals surface area contributed by atoms with Crippen LogP contribution in [0.2, 0.25) is 0 Å². The average molecular weight is 240 g/mol. The third kappa shape index (κ3) is 3.70. The topological polar surface area (TPSA) is 112 Å². The van der Waals surface area contributed by atoms with Crippen LogP contribution in [0.1, 0.15) is 13.8 Å². The van der Waals surface area contributed by atoms with Crippen molar-refractivity contribution in [3.8, 4) is 5.75 Å². The molecule has 0 aromatic heterocycles. The normalized spacial score (nSPS) is 9.59. The van der Waals surface area contributed by atoms with Gasteiger partial charge >= 0.3 is 0 Å². The Hall–Kier alpha value is -2.19. The van der Waals surface area contributed by atoms with Gasteiger partial charge in [-0.15, -0.1) is 0 Å². The molecule has 1 rings (SSSR count). The van der Waals surface area contributed by atoms with E-state index in [0.29, 0.717) is 0 Å². The van der Waals surface area contributed by atoms with E-state index in [9.17, 15) is 10.1 Å². The fourth-order valence-electron chi connectivity index (χ4n) is 1.04. The SMILES string of the molecule is CC(C)=NNc1ccc(OON)cc1[N+](=O)[O-]. The van der Waals surface area contributed by atoms with E-state index in [0.717, 1.165) is 5.71 Å². The molecule has 0 aliphatic heterocycles. The van der Waals surface area contributed by atoms with Crippen molar-refractivity contribution in [2.75, 3.05) is 5.43 Å². The Bertz CT molecular complexity index is 443. The van der Waals surface area contributed by atoms with Crippen LogP contribution in [0.3, 0.4) is 0 Å². The summed E-state index contributed by atoms with van der Waals surface area (Å²) >= 11 is 0. The lowest BCUT2D eigenvalue weighted by atomic mass is 10.2. The van der Waals surface area contributed by atoms with Gasteiger partial charge in [0.25, 0.3) is 5.69 Å². The minimum absolute atomic E-state index is 0.127. The average Bonchev–Trinajstić information content (AvgIpc) is 2.27. The van der Waals surface area contributed by atoms with Gasteiger partial charge in [-0.25, -0.2) is 0 Å². The van der Waals surface area contributed by atoms with Crippen LogP contribution in [0.15, 0.2) is 23.3 Å². The van der Waals surface area contributed by atoms with Crippen molar-refractivity contribution >= 4 is 17.1 Å². The highest BCUT2D eigenvalue weighted by molar-refractivity contribution is 5.80. The van der Waals surface area contributed by atoms with Crippen molar-refractivity contribution < 1.29 is 14.8 Å². The lowest BCUT2D eigenvalue weighted by molar-refractivity contribution is -0.384. The molecule has 0 amide bonds. The van der Waals surface area contributed by atoms with Crippen LogP contribution >= 0.6 is 0 Å². The van der Waals surface area contributed by atoms with E-state index in [-0.39, 0.29) is 17.1 Å². The highest BCUT2D eigenvalue weighted by Crippen LogP contribution is 2.29. The Morgan fingerprint density at radius 2 is 2.24 bits per heavy atom. The summed E-state index contributed by atoms with van der Waals surface area (Å²) in [6.45, 7) is 3.52. The Labute approximate surface area is 97.0 Å². The monoisotopic (exact) mass is 240 g/mol. The summed E-state index contributed by atoms with van der Waals surface area (Å²) in [4.78, 5) is 18.7. The molecule has 0 bridgehead atoms. The van der Waals surface area contributed by atoms with Gasteiger partial charge in [-0.3, -0.25) is 15.5 Å². The second-order valence-electron chi connectivity index (χ2n) is 3.29. The van der Waals surface area contributed by atoms with E-state index >= 15 is 0 Å². The maximum absolute atomic E-state index is 10.8. The lowest BCUT2D eigenvalue weighted by Crippen LogP contribution is -2.04. The van der Waals surface area contributed by atoms with E-state index in [2.05, 4.69) is 20.4 Å². The molecule has 1 aromatic carbocycles. The molecule has 8 heteroatoms. The minimum atomic E-state index is -0.563. The second kappa shape index (κ2) is 5.77. The summed E-state index contributed by atoms with van der Waals surface area (Å²) in [7, 11) is 0. The molecule has 1 aromatic rings. The predicted molar refractivity (Wildman–Crippen MR) is 61.4 cm³/mol. The predicted octanol–water partition coefficient (Wildman–Crippen LogP) is 1.59. The van der Waals surface area contributed by atoms with E-state index in [1.165, 1.54) is 18.2 Å². The van der Waals surface area contributed by atoms with Crippen LogP contribution in [-0.2, 0) is 4.99 Å². The molecular weight excluding hydrogens is 228 g/mol. The molecule has 0 spiro atoms. The van der Waals surface area contributed by atoms with Crippen molar-refractivity contribution in [1.82, 2.24) is 0 Å². The van der Waals surface area contributed by atoms with Crippen molar-refractivity contribution in [3.05, 3.63) is 28.3 Å². The number of nitrogens with zero attached hydrogens (tertiary/aromatic N) is 2. The third-order valence-corrected chi connectivity index (χ3v) is 1.71. The minimum Gasteiger partial charge on any atom is -0.319 e. The Morgan fingerprint density at radius 1 is 1.53 bits per heavy atom. The molecule has 0 heterocycles. The fraction of sp³-hybridized carbons (Fsp3) is 0.222. The first-order chi connectivity index (χ1) is 8.04. The first-order valence-corrected chi connectivity index (χ1v) is 4.63. The summed E-state index contributed by atoms with van der Waals surface area (Å²) in [5, 5.41) is 14.7. The number of hydrogen-bond acceptors (Lipinski definition) is 7. The number of hydrazone groups is 1. The molecule has 0 aliphatic rings. The summed E-state index contributed by atoms with van der Waals surface area (Å²) < 4.78 is 0. The van der Waals surface area contributed by atoms with Gasteiger partial charge in [-0.2, -0.15) is 11.0 Å².